The summed E-state index contributed by atoms with van der Waals surface area (Å²) >= 11 is 11.7. The van der Waals surface area contributed by atoms with Gasteiger partial charge in [-0.05, 0) is 35.4 Å². The van der Waals surface area contributed by atoms with E-state index in [2.05, 4.69) is 21.1 Å². The second-order valence-corrected chi connectivity index (χ2v) is 5.99. The number of hydrazone groups is 2. The summed E-state index contributed by atoms with van der Waals surface area (Å²) in [6, 6.07) is 5.17. The van der Waals surface area contributed by atoms with E-state index in [4.69, 9.17) is 32.7 Å². The van der Waals surface area contributed by atoms with Gasteiger partial charge in [-0.2, -0.15) is 10.2 Å². The van der Waals surface area contributed by atoms with Crippen LogP contribution in [0.15, 0.2) is 34.5 Å². The summed E-state index contributed by atoms with van der Waals surface area (Å²) < 4.78 is 9.94. The van der Waals surface area contributed by atoms with Crippen molar-refractivity contribution >= 4 is 41.7 Å². The number of aromatic hydroxyl groups is 2. The lowest BCUT2D eigenvalue weighted by molar-refractivity contribution is 0.242. The van der Waals surface area contributed by atoms with Gasteiger partial charge in [0.25, 0.3) is 0 Å². The van der Waals surface area contributed by atoms with Gasteiger partial charge in [-0.3, -0.25) is 0 Å². The predicted octanol–water partition coefficient (Wildman–Crippen LogP) is 3.09. The van der Waals surface area contributed by atoms with Gasteiger partial charge < -0.3 is 19.7 Å². The number of phenolic OH excluding ortho intramolecular Hbond substituents is 2. The summed E-state index contributed by atoms with van der Waals surface area (Å²) in [5.41, 5.74) is 5.39. The van der Waals surface area contributed by atoms with Crippen LogP contribution in [0.1, 0.15) is 11.1 Å². The lowest BCUT2D eigenvalue weighted by Gasteiger charge is -2.06. The van der Waals surface area contributed by atoms with Crippen LogP contribution in [0.2, 0.25) is 10.0 Å². The fourth-order valence-corrected chi connectivity index (χ4v) is 2.44. The zero-order valence-corrected chi connectivity index (χ0v) is 16.2. The number of nitrogens with one attached hydrogen (secondary N) is 2. The minimum Gasteiger partial charge on any atom is -0.503 e. The number of carbonyl (C=O) groups is 1. The maximum absolute atomic E-state index is 11.7. The molecule has 0 spiro atoms. The van der Waals surface area contributed by atoms with Crippen LogP contribution in [0.4, 0.5) is 4.79 Å². The lowest BCUT2D eigenvalue weighted by atomic mass is 10.2. The SMILES string of the molecule is COc1cc(/C=N\NC(=O)N/N=C/c2cc(Cl)c(O)c(OC)c2)cc(Cl)c1O. The van der Waals surface area contributed by atoms with Crippen molar-refractivity contribution in [2.24, 2.45) is 10.2 Å². The summed E-state index contributed by atoms with van der Waals surface area (Å²) in [7, 11) is 2.76. The van der Waals surface area contributed by atoms with Crippen molar-refractivity contribution in [1.29, 1.82) is 0 Å². The molecule has 0 saturated carbocycles. The fourth-order valence-electron chi connectivity index (χ4n) is 2.00. The number of amides is 2. The number of phenols is 2. The standard InChI is InChI=1S/C17H16Cl2N4O5/c1-27-13-5-9(3-11(18)15(13)24)7-20-22-17(26)23-21-8-10-4-12(19)16(25)14(6-10)28-2/h3-8,24-25H,1-2H3,(H2,22,23,26)/b20-7-,21-8+. The second kappa shape index (κ2) is 9.67. The number of halogens is 2. The van der Waals surface area contributed by atoms with Crippen LogP contribution < -0.4 is 20.3 Å². The Kier molecular flexibility index (Phi) is 7.30. The Hall–Kier alpha value is -3.17. The fraction of sp³-hybridized carbons (Fsp3) is 0.118. The first kappa shape index (κ1) is 21.1. The number of rotatable bonds is 6. The highest BCUT2D eigenvalue weighted by atomic mass is 35.5. The molecule has 0 saturated heterocycles. The molecule has 0 aliphatic carbocycles. The van der Waals surface area contributed by atoms with E-state index in [9.17, 15) is 15.0 Å². The van der Waals surface area contributed by atoms with Crippen LogP contribution in [0.5, 0.6) is 23.0 Å². The number of benzene rings is 2. The molecule has 0 aliphatic rings. The van der Waals surface area contributed by atoms with E-state index in [1.807, 2.05) is 0 Å². The molecule has 0 radical (unpaired) electrons. The number of hydrogen-bond acceptors (Lipinski definition) is 7. The van der Waals surface area contributed by atoms with Crippen LogP contribution >= 0.6 is 23.2 Å². The summed E-state index contributed by atoms with van der Waals surface area (Å²) in [6.07, 6.45) is 2.61. The van der Waals surface area contributed by atoms with Crippen LogP contribution in [0.3, 0.4) is 0 Å². The normalized spacial score (nSPS) is 11.0. The zero-order chi connectivity index (χ0) is 20.7. The van der Waals surface area contributed by atoms with E-state index in [0.717, 1.165) is 0 Å². The monoisotopic (exact) mass is 426 g/mol. The summed E-state index contributed by atoms with van der Waals surface area (Å²) in [4.78, 5) is 11.7. The predicted molar refractivity (Wildman–Crippen MR) is 106 cm³/mol. The van der Waals surface area contributed by atoms with Crippen molar-refractivity contribution in [1.82, 2.24) is 10.9 Å². The number of methoxy groups -OCH3 is 2. The van der Waals surface area contributed by atoms with Crippen molar-refractivity contribution in [3.05, 3.63) is 45.4 Å². The number of nitrogens with zero attached hydrogens (tertiary/aromatic N) is 2. The third kappa shape index (κ3) is 5.41. The Morgan fingerprint density at radius 2 is 1.29 bits per heavy atom. The first-order chi connectivity index (χ1) is 13.3. The number of urea groups is 1. The molecule has 0 heterocycles. The van der Waals surface area contributed by atoms with Crippen molar-refractivity contribution in [3.63, 3.8) is 0 Å². The Labute approximate surface area is 170 Å². The molecule has 2 rings (SSSR count). The molecule has 148 valence electrons. The first-order valence-corrected chi connectivity index (χ1v) is 8.36. The minimum absolute atomic E-state index is 0.0813. The van der Waals surface area contributed by atoms with E-state index >= 15 is 0 Å². The topological polar surface area (TPSA) is 125 Å². The molecule has 0 unspecified atom stereocenters. The highest BCUT2D eigenvalue weighted by Gasteiger charge is 2.09. The molecule has 0 aliphatic heterocycles. The van der Waals surface area contributed by atoms with Gasteiger partial charge in [0.2, 0.25) is 0 Å². The van der Waals surface area contributed by atoms with Gasteiger partial charge in [0.05, 0.1) is 36.7 Å². The van der Waals surface area contributed by atoms with Gasteiger partial charge in [0, 0.05) is 0 Å². The Bertz CT molecular complexity index is 861. The van der Waals surface area contributed by atoms with E-state index in [1.165, 1.54) is 50.9 Å². The molecular formula is C17H16Cl2N4O5. The smallest absolute Gasteiger partial charge is 0.355 e. The molecular weight excluding hydrogens is 411 g/mol. The average molecular weight is 427 g/mol. The third-order valence-corrected chi connectivity index (χ3v) is 3.88. The Morgan fingerprint density at radius 3 is 1.64 bits per heavy atom. The van der Waals surface area contributed by atoms with Crippen LogP contribution in [-0.2, 0) is 0 Å². The summed E-state index contributed by atoms with van der Waals surface area (Å²) in [5, 5.41) is 27.0. The first-order valence-electron chi connectivity index (χ1n) is 7.60. The molecule has 28 heavy (non-hydrogen) atoms. The van der Waals surface area contributed by atoms with E-state index in [-0.39, 0.29) is 33.0 Å². The molecule has 9 nitrogen and oxygen atoms in total. The Morgan fingerprint density at radius 1 is 0.893 bits per heavy atom. The molecule has 2 amide bonds. The van der Waals surface area contributed by atoms with Crippen molar-refractivity contribution in [3.8, 4) is 23.0 Å². The lowest BCUT2D eigenvalue weighted by Crippen LogP contribution is -2.28. The van der Waals surface area contributed by atoms with Crippen LogP contribution in [0.25, 0.3) is 0 Å². The van der Waals surface area contributed by atoms with Gasteiger partial charge in [-0.15, -0.1) is 0 Å². The van der Waals surface area contributed by atoms with E-state index < -0.39 is 6.03 Å². The molecule has 2 aromatic rings. The minimum atomic E-state index is -0.707. The van der Waals surface area contributed by atoms with E-state index in [1.54, 1.807) is 0 Å². The van der Waals surface area contributed by atoms with Gasteiger partial charge in [0.15, 0.2) is 23.0 Å². The number of ether oxygens (including phenoxy) is 2. The van der Waals surface area contributed by atoms with Gasteiger partial charge in [-0.25, -0.2) is 15.6 Å². The molecule has 0 atom stereocenters. The Balaban J connectivity index is 1.94. The largest absolute Gasteiger partial charge is 0.503 e. The third-order valence-electron chi connectivity index (χ3n) is 3.30. The van der Waals surface area contributed by atoms with Gasteiger partial charge in [-0.1, -0.05) is 23.2 Å². The highest BCUT2D eigenvalue weighted by Crippen LogP contribution is 2.35. The van der Waals surface area contributed by atoms with Crippen molar-refractivity contribution in [2.75, 3.05) is 14.2 Å². The summed E-state index contributed by atoms with van der Waals surface area (Å²) in [5.74, 6) is -0.0309. The number of hydrogen-bond donors (Lipinski definition) is 4. The highest BCUT2D eigenvalue weighted by molar-refractivity contribution is 6.32. The molecule has 0 fully saturated rings. The molecule has 0 bridgehead atoms. The molecule has 0 aromatic heterocycles. The summed E-state index contributed by atoms with van der Waals surface area (Å²) in [6.45, 7) is 0. The second-order valence-electron chi connectivity index (χ2n) is 5.18. The number of carbonyl (C=O) groups excluding carboxylic acids is 1. The van der Waals surface area contributed by atoms with Gasteiger partial charge in [0.1, 0.15) is 0 Å². The van der Waals surface area contributed by atoms with Crippen molar-refractivity contribution in [2.45, 2.75) is 0 Å². The zero-order valence-electron chi connectivity index (χ0n) is 14.7. The van der Waals surface area contributed by atoms with Crippen molar-refractivity contribution < 1.29 is 24.5 Å². The van der Waals surface area contributed by atoms with Crippen LogP contribution in [0, 0.1) is 0 Å². The van der Waals surface area contributed by atoms with Crippen LogP contribution in [-0.4, -0.2) is 42.9 Å². The maximum Gasteiger partial charge on any atom is 0.355 e. The molecule has 11 heteroatoms. The molecule has 2 aromatic carbocycles. The quantitative estimate of drug-likeness (QED) is 0.417. The average Bonchev–Trinajstić information content (AvgIpc) is 2.67. The maximum atomic E-state index is 11.7. The van der Waals surface area contributed by atoms with Gasteiger partial charge >= 0.3 is 6.03 Å². The molecule has 4 N–H and O–H groups in total. The van der Waals surface area contributed by atoms with E-state index in [0.29, 0.717) is 11.1 Å².